The number of aromatic nitrogens is 1. The van der Waals surface area contributed by atoms with Gasteiger partial charge >= 0.3 is 0 Å². The molecule has 172 valence electrons. The topological polar surface area (TPSA) is 77.6 Å². The SMILES string of the molecule is CC(=O)Nc1ccc(NC(=O)CN2CCN(C)C[C@H](Cc3cccc4cccnc34)C2)cc1. The van der Waals surface area contributed by atoms with E-state index in [9.17, 15) is 9.59 Å². The zero-order chi connectivity index (χ0) is 23.2. The first-order valence-electron chi connectivity index (χ1n) is 11.4. The minimum absolute atomic E-state index is 0.0302. The number of likely N-dealkylation sites (N-methyl/N-ethyl adjacent to an activating group) is 1. The van der Waals surface area contributed by atoms with E-state index in [1.165, 1.54) is 12.5 Å². The Labute approximate surface area is 194 Å². The van der Waals surface area contributed by atoms with Crippen molar-refractivity contribution in [1.82, 2.24) is 14.8 Å². The highest BCUT2D eigenvalue weighted by atomic mass is 16.2. The molecular formula is C26H31N5O2. The third kappa shape index (κ3) is 6.37. The van der Waals surface area contributed by atoms with Gasteiger partial charge in [0.15, 0.2) is 0 Å². The van der Waals surface area contributed by atoms with Crippen molar-refractivity contribution in [3.8, 4) is 0 Å². The van der Waals surface area contributed by atoms with Gasteiger partial charge in [0, 0.05) is 56.1 Å². The molecule has 1 saturated heterocycles. The first-order valence-corrected chi connectivity index (χ1v) is 11.4. The molecule has 0 aliphatic carbocycles. The Bertz CT molecular complexity index is 1110. The Hall–Kier alpha value is -3.29. The Balaban J connectivity index is 1.38. The molecule has 1 aromatic heterocycles. The monoisotopic (exact) mass is 445 g/mol. The molecule has 0 radical (unpaired) electrons. The number of rotatable bonds is 6. The van der Waals surface area contributed by atoms with Gasteiger partial charge in [0.25, 0.3) is 0 Å². The van der Waals surface area contributed by atoms with Crippen molar-refractivity contribution in [1.29, 1.82) is 0 Å². The minimum Gasteiger partial charge on any atom is -0.326 e. The largest absolute Gasteiger partial charge is 0.326 e. The molecule has 0 bridgehead atoms. The molecule has 2 heterocycles. The maximum absolute atomic E-state index is 12.7. The number of anilines is 2. The molecule has 1 atom stereocenters. The van der Waals surface area contributed by atoms with E-state index in [0.717, 1.165) is 49.2 Å². The molecule has 1 fully saturated rings. The number of carbonyl (C=O) groups excluding carboxylic acids is 2. The molecule has 2 N–H and O–H groups in total. The maximum Gasteiger partial charge on any atom is 0.238 e. The summed E-state index contributed by atoms with van der Waals surface area (Å²) in [6.07, 6.45) is 2.78. The van der Waals surface area contributed by atoms with Crippen molar-refractivity contribution in [2.75, 3.05) is 50.4 Å². The molecule has 3 aromatic rings. The quantitative estimate of drug-likeness (QED) is 0.609. The van der Waals surface area contributed by atoms with Crippen LogP contribution in [0, 0.1) is 5.92 Å². The molecule has 7 nitrogen and oxygen atoms in total. The van der Waals surface area contributed by atoms with Crippen molar-refractivity contribution in [2.45, 2.75) is 13.3 Å². The third-order valence-electron chi connectivity index (χ3n) is 5.97. The molecule has 2 amide bonds. The second-order valence-corrected chi connectivity index (χ2v) is 8.87. The van der Waals surface area contributed by atoms with E-state index in [-0.39, 0.29) is 11.8 Å². The average Bonchev–Trinajstić information content (AvgIpc) is 2.95. The molecule has 1 aliphatic heterocycles. The fraction of sp³-hybridized carbons (Fsp3) is 0.346. The summed E-state index contributed by atoms with van der Waals surface area (Å²) >= 11 is 0. The normalized spacial score (nSPS) is 17.5. The Morgan fingerprint density at radius 3 is 2.45 bits per heavy atom. The minimum atomic E-state index is -0.119. The van der Waals surface area contributed by atoms with Crippen LogP contribution in [-0.4, -0.2) is 66.4 Å². The van der Waals surface area contributed by atoms with Gasteiger partial charge in [0.1, 0.15) is 0 Å². The summed E-state index contributed by atoms with van der Waals surface area (Å²) in [7, 11) is 2.15. The number of para-hydroxylation sites is 1. The molecule has 2 aromatic carbocycles. The number of benzene rings is 2. The highest BCUT2D eigenvalue weighted by molar-refractivity contribution is 5.93. The Morgan fingerprint density at radius 1 is 0.970 bits per heavy atom. The number of nitrogens with zero attached hydrogens (tertiary/aromatic N) is 3. The fourth-order valence-corrected chi connectivity index (χ4v) is 4.52. The molecule has 7 heteroatoms. The van der Waals surface area contributed by atoms with Crippen molar-refractivity contribution >= 4 is 34.1 Å². The maximum atomic E-state index is 12.7. The van der Waals surface area contributed by atoms with Gasteiger partial charge in [-0.05, 0) is 55.3 Å². The second-order valence-electron chi connectivity index (χ2n) is 8.87. The summed E-state index contributed by atoms with van der Waals surface area (Å²) in [6.45, 7) is 5.47. The summed E-state index contributed by atoms with van der Waals surface area (Å²) in [5, 5.41) is 6.87. The Morgan fingerprint density at radius 2 is 1.70 bits per heavy atom. The second kappa shape index (κ2) is 10.6. The van der Waals surface area contributed by atoms with Crippen LogP contribution in [0.1, 0.15) is 12.5 Å². The predicted molar refractivity (Wildman–Crippen MR) is 132 cm³/mol. The van der Waals surface area contributed by atoms with E-state index in [0.29, 0.717) is 18.2 Å². The molecule has 0 spiro atoms. The van der Waals surface area contributed by atoms with Gasteiger partial charge in [-0.3, -0.25) is 19.5 Å². The highest BCUT2D eigenvalue weighted by Gasteiger charge is 2.23. The van der Waals surface area contributed by atoms with Gasteiger partial charge in [0.2, 0.25) is 11.8 Å². The standard InChI is InChI=1S/C26H31N5O2/c1-19(32)28-23-8-10-24(11-9-23)29-25(33)18-31-14-13-30(2)16-20(17-31)15-22-6-3-5-21-7-4-12-27-26(21)22/h3-12,20H,13-18H2,1-2H3,(H,28,32)(H,29,33)/t20-/m0/s1. The van der Waals surface area contributed by atoms with Crippen molar-refractivity contribution in [3.05, 3.63) is 66.4 Å². The number of amides is 2. The van der Waals surface area contributed by atoms with E-state index < -0.39 is 0 Å². The van der Waals surface area contributed by atoms with Gasteiger partial charge in [-0.15, -0.1) is 0 Å². The van der Waals surface area contributed by atoms with Crippen LogP contribution in [0.4, 0.5) is 11.4 Å². The summed E-state index contributed by atoms with van der Waals surface area (Å²) in [6, 6.07) is 17.6. The van der Waals surface area contributed by atoms with Crippen LogP contribution in [-0.2, 0) is 16.0 Å². The lowest BCUT2D eigenvalue weighted by atomic mass is 9.96. The Kier molecular flexibility index (Phi) is 7.32. The number of pyridine rings is 1. The van der Waals surface area contributed by atoms with Crippen LogP contribution in [0.15, 0.2) is 60.8 Å². The first-order chi connectivity index (χ1) is 16.0. The first kappa shape index (κ1) is 22.9. The van der Waals surface area contributed by atoms with Crippen LogP contribution >= 0.6 is 0 Å². The van der Waals surface area contributed by atoms with Crippen LogP contribution in [0.5, 0.6) is 0 Å². The van der Waals surface area contributed by atoms with E-state index >= 15 is 0 Å². The van der Waals surface area contributed by atoms with Gasteiger partial charge < -0.3 is 15.5 Å². The molecule has 0 unspecified atom stereocenters. The number of fused-ring (bicyclic) bond motifs is 1. The van der Waals surface area contributed by atoms with Crippen molar-refractivity contribution in [2.24, 2.45) is 5.92 Å². The van der Waals surface area contributed by atoms with Crippen LogP contribution in [0.2, 0.25) is 0 Å². The molecule has 4 rings (SSSR count). The summed E-state index contributed by atoms with van der Waals surface area (Å²) in [4.78, 5) is 33.1. The van der Waals surface area contributed by atoms with Crippen LogP contribution < -0.4 is 10.6 Å². The highest BCUT2D eigenvalue weighted by Crippen LogP contribution is 2.21. The number of hydrogen-bond acceptors (Lipinski definition) is 5. The predicted octanol–water partition coefficient (Wildman–Crippen LogP) is 3.24. The number of carbonyl (C=O) groups is 2. The lowest BCUT2D eigenvalue weighted by Gasteiger charge is -2.24. The van der Waals surface area contributed by atoms with E-state index in [2.05, 4.69) is 56.7 Å². The van der Waals surface area contributed by atoms with E-state index in [4.69, 9.17) is 0 Å². The summed E-state index contributed by atoms with van der Waals surface area (Å²) in [5.74, 6) is 0.263. The zero-order valence-electron chi connectivity index (χ0n) is 19.3. The van der Waals surface area contributed by atoms with Gasteiger partial charge in [-0.1, -0.05) is 24.3 Å². The summed E-state index contributed by atoms with van der Waals surface area (Å²) < 4.78 is 0. The lowest BCUT2D eigenvalue weighted by molar-refractivity contribution is -0.117. The van der Waals surface area contributed by atoms with Gasteiger partial charge in [-0.25, -0.2) is 0 Å². The molecule has 1 aliphatic rings. The summed E-state index contributed by atoms with van der Waals surface area (Å²) in [5.41, 5.74) is 3.76. The van der Waals surface area contributed by atoms with Gasteiger partial charge in [-0.2, -0.15) is 0 Å². The van der Waals surface area contributed by atoms with Crippen LogP contribution in [0.25, 0.3) is 10.9 Å². The molecular weight excluding hydrogens is 414 g/mol. The smallest absolute Gasteiger partial charge is 0.238 e. The fourth-order valence-electron chi connectivity index (χ4n) is 4.52. The lowest BCUT2D eigenvalue weighted by Crippen LogP contribution is -2.37. The van der Waals surface area contributed by atoms with E-state index in [1.807, 2.05) is 12.3 Å². The van der Waals surface area contributed by atoms with Gasteiger partial charge in [0.05, 0.1) is 12.1 Å². The van der Waals surface area contributed by atoms with E-state index in [1.54, 1.807) is 24.3 Å². The van der Waals surface area contributed by atoms with Crippen molar-refractivity contribution < 1.29 is 9.59 Å². The van der Waals surface area contributed by atoms with Crippen molar-refractivity contribution in [3.63, 3.8) is 0 Å². The van der Waals surface area contributed by atoms with Crippen LogP contribution in [0.3, 0.4) is 0 Å². The number of hydrogen-bond donors (Lipinski definition) is 2. The number of nitrogens with one attached hydrogen (secondary N) is 2. The molecule has 0 saturated carbocycles. The third-order valence-corrected chi connectivity index (χ3v) is 5.97. The molecule has 33 heavy (non-hydrogen) atoms. The zero-order valence-corrected chi connectivity index (χ0v) is 19.3. The average molecular weight is 446 g/mol.